The van der Waals surface area contributed by atoms with E-state index in [0.29, 0.717) is 5.56 Å². The normalized spacial score (nSPS) is 15.7. The summed E-state index contributed by atoms with van der Waals surface area (Å²) in [6.07, 6.45) is 1.54. The highest BCUT2D eigenvalue weighted by molar-refractivity contribution is 6.04. The third-order valence-corrected chi connectivity index (χ3v) is 5.37. The number of benzene rings is 2. The highest BCUT2D eigenvalue weighted by Crippen LogP contribution is 2.43. The first kappa shape index (κ1) is 17.3. The van der Waals surface area contributed by atoms with E-state index in [4.69, 9.17) is 4.74 Å². The molecule has 0 radical (unpaired) electrons. The van der Waals surface area contributed by atoms with Gasteiger partial charge in [-0.25, -0.2) is 0 Å². The monoisotopic (exact) mass is 363 g/mol. The van der Waals surface area contributed by atoms with E-state index in [9.17, 15) is 14.7 Å². The molecule has 138 valence electrons. The summed E-state index contributed by atoms with van der Waals surface area (Å²) in [4.78, 5) is 24.7. The van der Waals surface area contributed by atoms with E-state index in [1.807, 2.05) is 49.4 Å². The van der Waals surface area contributed by atoms with Crippen LogP contribution in [-0.2, 0) is 11.2 Å². The van der Waals surface area contributed by atoms with Gasteiger partial charge in [-0.1, -0.05) is 17.7 Å². The largest absolute Gasteiger partial charge is 0.497 e. The Morgan fingerprint density at radius 3 is 2.59 bits per heavy atom. The minimum absolute atomic E-state index is 0.0294. The van der Waals surface area contributed by atoms with Crippen molar-refractivity contribution in [3.05, 3.63) is 64.8 Å². The maximum absolute atomic E-state index is 13.4. The van der Waals surface area contributed by atoms with Gasteiger partial charge in [0.15, 0.2) is 0 Å². The molecule has 4 rings (SSSR count). The lowest BCUT2D eigenvalue weighted by atomic mass is 10.0. The number of carboxylic acid groups (broad SMARTS) is 1. The standard InChI is InChI=1S/C22H21NO4/c1-13-3-5-14(6-4-13)22(26)23-19-10-8-16(27-2)12-18(19)17-9-7-15(21(17)23)11-20(24)25/h3-6,8,10,12,15H,7,9,11H2,1-2H3,(H,24,25). The van der Waals surface area contributed by atoms with Gasteiger partial charge < -0.3 is 9.84 Å². The highest BCUT2D eigenvalue weighted by atomic mass is 16.5. The van der Waals surface area contributed by atoms with E-state index in [1.165, 1.54) is 0 Å². The number of carbonyl (C=O) groups is 2. The number of aliphatic carboxylic acids is 1. The van der Waals surface area contributed by atoms with Crippen LogP contribution in [0, 0.1) is 6.92 Å². The maximum Gasteiger partial charge on any atom is 0.304 e. The molecule has 2 aromatic carbocycles. The fraction of sp³-hybridized carbons (Fsp3) is 0.273. The Balaban J connectivity index is 1.94. The molecule has 1 aliphatic rings. The van der Waals surface area contributed by atoms with Gasteiger partial charge in [0.2, 0.25) is 0 Å². The second-order valence-electron chi connectivity index (χ2n) is 7.09. The molecule has 1 aliphatic carbocycles. The maximum atomic E-state index is 13.4. The summed E-state index contributed by atoms with van der Waals surface area (Å²) in [5, 5.41) is 10.3. The summed E-state index contributed by atoms with van der Waals surface area (Å²) in [5.41, 5.74) is 4.39. The molecular weight excluding hydrogens is 342 g/mol. The Morgan fingerprint density at radius 1 is 1.19 bits per heavy atom. The Labute approximate surface area is 157 Å². The van der Waals surface area contributed by atoms with Gasteiger partial charge in [-0.05, 0) is 55.7 Å². The Morgan fingerprint density at radius 2 is 1.93 bits per heavy atom. The average Bonchev–Trinajstić information content (AvgIpc) is 3.19. The number of methoxy groups -OCH3 is 1. The molecule has 1 aromatic heterocycles. The SMILES string of the molecule is COc1ccc2c(c1)c1c(n2C(=O)c2ccc(C)cc2)C(CC(=O)O)CC1. The Bertz CT molecular complexity index is 1050. The van der Waals surface area contributed by atoms with E-state index >= 15 is 0 Å². The van der Waals surface area contributed by atoms with Crippen molar-refractivity contribution in [3.63, 3.8) is 0 Å². The molecule has 5 heteroatoms. The number of hydrogen-bond acceptors (Lipinski definition) is 3. The topological polar surface area (TPSA) is 68.5 Å². The van der Waals surface area contributed by atoms with Gasteiger partial charge in [0, 0.05) is 22.6 Å². The van der Waals surface area contributed by atoms with E-state index < -0.39 is 5.97 Å². The number of carboxylic acids is 1. The zero-order valence-corrected chi connectivity index (χ0v) is 15.4. The number of hydrogen-bond donors (Lipinski definition) is 1. The predicted molar refractivity (Wildman–Crippen MR) is 103 cm³/mol. The lowest BCUT2D eigenvalue weighted by molar-refractivity contribution is -0.137. The van der Waals surface area contributed by atoms with Crippen molar-refractivity contribution in [3.8, 4) is 5.75 Å². The van der Waals surface area contributed by atoms with E-state index in [-0.39, 0.29) is 18.2 Å². The molecule has 1 heterocycles. The Kier molecular flexibility index (Phi) is 4.22. The summed E-state index contributed by atoms with van der Waals surface area (Å²) in [5.74, 6) is -0.397. The van der Waals surface area contributed by atoms with Gasteiger partial charge >= 0.3 is 5.97 Å². The molecule has 1 atom stereocenters. The van der Waals surface area contributed by atoms with Crippen molar-refractivity contribution < 1.29 is 19.4 Å². The molecule has 1 N–H and O–H groups in total. The number of nitrogens with zero attached hydrogens (tertiary/aromatic N) is 1. The molecular formula is C22H21NO4. The lowest BCUT2D eigenvalue weighted by Crippen LogP contribution is -2.17. The fourth-order valence-electron chi connectivity index (χ4n) is 4.08. The van der Waals surface area contributed by atoms with E-state index in [2.05, 4.69) is 0 Å². The minimum atomic E-state index is -0.843. The zero-order valence-electron chi connectivity index (χ0n) is 15.4. The molecule has 0 saturated heterocycles. The highest BCUT2D eigenvalue weighted by Gasteiger charge is 2.33. The third-order valence-electron chi connectivity index (χ3n) is 5.37. The molecule has 0 fully saturated rings. The van der Waals surface area contributed by atoms with Crippen molar-refractivity contribution in [2.24, 2.45) is 0 Å². The van der Waals surface area contributed by atoms with Gasteiger partial charge in [-0.3, -0.25) is 14.2 Å². The minimum Gasteiger partial charge on any atom is -0.497 e. The number of aryl methyl sites for hydroxylation is 2. The molecule has 27 heavy (non-hydrogen) atoms. The number of ether oxygens (including phenoxy) is 1. The van der Waals surface area contributed by atoms with E-state index in [1.54, 1.807) is 11.7 Å². The van der Waals surface area contributed by atoms with Gasteiger partial charge in [0.05, 0.1) is 19.0 Å². The second-order valence-corrected chi connectivity index (χ2v) is 7.09. The van der Waals surface area contributed by atoms with Crippen LogP contribution in [0.4, 0.5) is 0 Å². The summed E-state index contributed by atoms with van der Waals surface area (Å²) < 4.78 is 7.07. The van der Waals surface area contributed by atoms with Crippen LogP contribution in [-0.4, -0.2) is 28.7 Å². The molecule has 3 aromatic rings. The average molecular weight is 363 g/mol. The zero-order chi connectivity index (χ0) is 19.1. The summed E-state index contributed by atoms with van der Waals surface area (Å²) in [6, 6.07) is 13.1. The van der Waals surface area contributed by atoms with E-state index in [0.717, 1.165) is 46.3 Å². The van der Waals surface area contributed by atoms with Gasteiger partial charge in [-0.15, -0.1) is 0 Å². The number of carbonyl (C=O) groups excluding carboxylic acids is 1. The van der Waals surface area contributed by atoms with Crippen molar-refractivity contribution in [1.82, 2.24) is 4.57 Å². The van der Waals surface area contributed by atoms with Crippen molar-refractivity contribution in [2.75, 3.05) is 7.11 Å². The van der Waals surface area contributed by atoms with Crippen molar-refractivity contribution in [2.45, 2.75) is 32.1 Å². The van der Waals surface area contributed by atoms with Crippen LogP contribution in [0.3, 0.4) is 0 Å². The fourth-order valence-corrected chi connectivity index (χ4v) is 4.08. The summed E-state index contributed by atoms with van der Waals surface area (Å²) in [6.45, 7) is 1.98. The second kappa shape index (κ2) is 6.58. The first-order chi connectivity index (χ1) is 13.0. The molecule has 0 aliphatic heterocycles. The number of fused-ring (bicyclic) bond motifs is 3. The number of aromatic nitrogens is 1. The quantitative estimate of drug-likeness (QED) is 0.756. The molecule has 5 nitrogen and oxygen atoms in total. The first-order valence-electron chi connectivity index (χ1n) is 9.04. The van der Waals surface area contributed by atoms with Crippen LogP contribution >= 0.6 is 0 Å². The van der Waals surface area contributed by atoms with Crippen LogP contribution < -0.4 is 4.74 Å². The predicted octanol–water partition coefficient (Wildman–Crippen LogP) is 4.15. The van der Waals surface area contributed by atoms with Crippen LogP contribution in [0.15, 0.2) is 42.5 Å². The summed E-state index contributed by atoms with van der Waals surface area (Å²) >= 11 is 0. The summed E-state index contributed by atoms with van der Waals surface area (Å²) in [7, 11) is 1.61. The number of rotatable bonds is 4. The van der Waals surface area contributed by atoms with Crippen LogP contribution in [0.25, 0.3) is 10.9 Å². The van der Waals surface area contributed by atoms with Crippen molar-refractivity contribution in [1.29, 1.82) is 0 Å². The molecule has 0 bridgehead atoms. The molecule has 0 spiro atoms. The van der Waals surface area contributed by atoms with Crippen LogP contribution in [0.5, 0.6) is 5.75 Å². The van der Waals surface area contributed by atoms with Gasteiger partial charge in [0.1, 0.15) is 5.75 Å². The smallest absolute Gasteiger partial charge is 0.304 e. The third kappa shape index (κ3) is 2.89. The molecule has 1 unspecified atom stereocenters. The van der Waals surface area contributed by atoms with Gasteiger partial charge in [0.25, 0.3) is 5.91 Å². The van der Waals surface area contributed by atoms with Crippen LogP contribution in [0.1, 0.15) is 45.9 Å². The van der Waals surface area contributed by atoms with Crippen molar-refractivity contribution >= 4 is 22.8 Å². The van der Waals surface area contributed by atoms with Crippen LogP contribution in [0.2, 0.25) is 0 Å². The lowest BCUT2D eigenvalue weighted by Gasteiger charge is -2.14. The first-order valence-corrected chi connectivity index (χ1v) is 9.04. The van der Waals surface area contributed by atoms with Gasteiger partial charge in [-0.2, -0.15) is 0 Å². The molecule has 0 saturated carbocycles. The molecule has 0 amide bonds. The Hall–Kier alpha value is -3.08.